The van der Waals surface area contributed by atoms with E-state index in [0.717, 1.165) is 24.9 Å². The Morgan fingerprint density at radius 2 is 2.21 bits per heavy atom. The van der Waals surface area contributed by atoms with Crippen molar-refractivity contribution in [3.63, 3.8) is 0 Å². The lowest BCUT2D eigenvalue weighted by molar-refractivity contribution is 0.284. The van der Waals surface area contributed by atoms with E-state index in [1.165, 1.54) is 26.4 Å². The fourth-order valence-corrected chi connectivity index (χ4v) is 3.13. The summed E-state index contributed by atoms with van der Waals surface area (Å²) in [6.45, 7) is 3.16. The Labute approximate surface area is 115 Å². The maximum atomic E-state index is 14.1. The number of ether oxygens (including phenoxy) is 1. The minimum absolute atomic E-state index is 0.185. The summed E-state index contributed by atoms with van der Waals surface area (Å²) in [5.41, 5.74) is 0.793. The normalized spacial score (nSPS) is 23.3. The molecule has 1 aliphatic rings. The van der Waals surface area contributed by atoms with Gasteiger partial charge in [0.15, 0.2) is 11.6 Å². The van der Waals surface area contributed by atoms with Gasteiger partial charge in [0.2, 0.25) is 0 Å². The van der Waals surface area contributed by atoms with Crippen molar-refractivity contribution in [1.82, 2.24) is 5.32 Å². The molecule has 3 heteroatoms. The average molecular weight is 265 g/mol. The molecule has 1 aliphatic carbocycles. The zero-order valence-corrected chi connectivity index (χ0v) is 11.9. The van der Waals surface area contributed by atoms with Crippen molar-refractivity contribution in [2.24, 2.45) is 5.92 Å². The molecule has 2 rings (SSSR count). The molecule has 0 heterocycles. The first kappa shape index (κ1) is 14.3. The summed E-state index contributed by atoms with van der Waals surface area (Å²) >= 11 is 0. The Morgan fingerprint density at radius 1 is 1.37 bits per heavy atom. The Bertz CT molecular complexity index is 406. The van der Waals surface area contributed by atoms with Gasteiger partial charge < -0.3 is 10.1 Å². The van der Waals surface area contributed by atoms with Gasteiger partial charge in [-0.3, -0.25) is 0 Å². The van der Waals surface area contributed by atoms with Crippen molar-refractivity contribution in [2.75, 3.05) is 13.7 Å². The first-order chi connectivity index (χ1) is 9.24. The van der Waals surface area contributed by atoms with Crippen LogP contribution in [0.1, 0.15) is 38.2 Å². The minimum Gasteiger partial charge on any atom is -0.494 e. The standard InChI is InChI=1S/C16H24FNO/c1-3-18-14-8-4-6-12(11-14)10-13-7-5-9-15(19-2)16(13)17/h5,7,9,12,14,18H,3-4,6,8,10-11H2,1-2H3. The molecule has 2 nitrogen and oxygen atoms in total. The van der Waals surface area contributed by atoms with E-state index in [9.17, 15) is 4.39 Å². The van der Waals surface area contributed by atoms with Gasteiger partial charge in [0.1, 0.15) is 0 Å². The van der Waals surface area contributed by atoms with Gasteiger partial charge in [-0.2, -0.15) is 0 Å². The first-order valence-electron chi connectivity index (χ1n) is 7.29. The molecule has 0 bridgehead atoms. The molecule has 0 saturated heterocycles. The summed E-state index contributed by atoms with van der Waals surface area (Å²) in [7, 11) is 1.52. The van der Waals surface area contributed by atoms with Crippen LogP contribution in [-0.2, 0) is 6.42 Å². The SMILES string of the molecule is CCNC1CCCC(Cc2cccc(OC)c2F)C1. The van der Waals surface area contributed by atoms with E-state index in [1.54, 1.807) is 6.07 Å². The van der Waals surface area contributed by atoms with Crippen LogP contribution in [-0.4, -0.2) is 19.7 Å². The van der Waals surface area contributed by atoms with Gasteiger partial charge in [0.05, 0.1) is 7.11 Å². The van der Waals surface area contributed by atoms with Gasteiger partial charge in [-0.15, -0.1) is 0 Å². The number of halogens is 1. The summed E-state index contributed by atoms with van der Waals surface area (Å²) in [5, 5.41) is 3.52. The van der Waals surface area contributed by atoms with E-state index in [4.69, 9.17) is 4.74 Å². The highest BCUT2D eigenvalue weighted by molar-refractivity contribution is 5.31. The summed E-state index contributed by atoms with van der Waals surface area (Å²) in [6.07, 6.45) is 5.69. The van der Waals surface area contributed by atoms with Gasteiger partial charge >= 0.3 is 0 Å². The molecule has 1 saturated carbocycles. The number of methoxy groups -OCH3 is 1. The molecule has 2 atom stereocenters. The summed E-state index contributed by atoms with van der Waals surface area (Å²) in [4.78, 5) is 0. The van der Waals surface area contributed by atoms with Gasteiger partial charge in [-0.05, 0) is 43.4 Å². The molecule has 1 aromatic carbocycles. The highest BCUT2D eigenvalue weighted by Crippen LogP contribution is 2.30. The average Bonchev–Trinajstić information content (AvgIpc) is 2.42. The zero-order valence-electron chi connectivity index (χ0n) is 11.9. The largest absolute Gasteiger partial charge is 0.494 e. The van der Waals surface area contributed by atoms with Crippen molar-refractivity contribution in [3.05, 3.63) is 29.6 Å². The van der Waals surface area contributed by atoms with Crippen LogP contribution < -0.4 is 10.1 Å². The topological polar surface area (TPSA) is 21.3 Å². The van der Waals surface area contributed by atoms with Crippen molar-refractivity contribution < 1.29 is 9.13 Å². The molecule has 106 valence electrons. The fourth-order valence-electron chi connectivity index (χ4n) is 3.13. The molecule has 0 radical (unpaired) electrons. The summed E-state index contributed by atoms with van der Waals surface area (Å²) in [6, 6.07) is 6.05. The first-order valence-corrected chi connectivity index (χ1v) is 7.29. The Morgan fingerprint density at radius 3 is 2.95 bits per heavy atom. The number of nitrogens with one attached hydrogen (secondary N) is 1. The van der Waals surface area contributed by atoms with E-state index in [1.807, 2.05) is 12.1 Å². The van der Waals surface area contributed by atoms with Crippen LogP contribution in [0.4, 0.5) is 4.39 Å². The Hall–Kier alpha value is -1.09. The summed E-state index contributed by atoms with van der Waals surface area (Å²) in [5.74, 6) is 0.756. The predicted octanol–water partition coefficient (Wildman–Crippen LogP) is 3.55. The van der Waals surface area contributed by atoms with Crippen LogP contribution in [0.5, 0.6) is 5.75 Å². The molecule has 0 spiro atoms. The van der Waals surface area contributed by atoms with E-state index in [0.29, 0.717) is 17.7 Å². The number of benzene rings is 1. The Balaban J connectivity index is 2.00. The molecule has 19 heavy (non-hydrogen) atoms. The highest BCUT2D eigenvalue weighted by atomic mass is 19.1. The second-order valence-corrected chi connectivity index (χ2v) is 5.42. The van der Waals surface area contributed by atoms with Crippen molar-refractivity contribution in [3.8, 4) is 5.75 Å². The molecule has 0 aliphatic heterocycles. The van der Waals surface area contributed by atoms with Gasteiger partial charge in [0, 0.05) is 6.04 Å². The van der Waals surface area contributed by atoms with Crippen LogP contribution in [0, 0.1) is 11.7 Å². The lowest BCUT2D eigenvalue weighted by atomic mass is 9.82. The van der Waals surface area contributed by atoms with E-state index in [2.05, 4.69) is 12.2 Å². The van der Waals surface area contributed by atoms with Crippen molar-refractivity contribution >= 4 is 0 Å². The maximum Gasteiger partial charge on any atom is 0.168 e. The monoisotopic (exact) mass is 265 g/mol. The highest BCUT2D eigenvalue weighted by Gasteiger charge is 2.22. The summed E-state index contributed by atoms with van der Waals surface area (Å²) < 4.78 is 19.2. The fraction of sp³-hybridized carbons (Fsp3) is 0.625. The molecular weight excluding hydrogens is 241 g/mol. The van der Waals surface area contributed by atoms with Gasteiger partial charge in [0.25, 0.3) is 0 Å². The second kappa shape index (κ2) is 6.90. The predicted molar refractivity (Wildman–Crippen MR) is 76.1 cm³/mol. The van der Waals surface area contributed by atoms with Gasteiger partial charge in [-0.25, -0.2) is 4.39 Å². The quantitative estimate of drug-likeness (QED) is 0.879. The zero-order chi connectivity index (χ0) is 13.7. The van der Waals surface area contributed by atoms with Crippen molar-refractivity contribution in [2.45, 2.75) is 45.1 Å². The van der Waals surface area contributed by atoms with E-state index >= 15 is 0 Å². The third-order valence-electron chi connectivity index (χ3n) is 4.05. The molecule has 1 aromatic rings. The van der Waals surface area contributed by atoms with Crippen LogP contribution in [0.15, 0.2) is 18.2 Å². The molecule has 1 fully saturated rings. The minimum atomic E-state index is -0.185. The van der Waals surface area contributed by atoms with E-state index in [-0.39, 0.29) is 5.82 Å². The lowest BCUT2D eigenvalue weighted by Gasteiger charge is -2.29. The van der Waals surface area contributed by atoms with Crippen LogP contribution >= 0.6 is 0 Å². The smallest absolute Gasteiger partial charge is 0.168 e. The number of hydrogen-bond acceptors (Lipinski definition) is 2. The molecular formula is C16H24FNO. The Kier molecular flexibility index (Phi) is 5.20. The molecule has 0 aromatic heterocycles. The van der Waals surface area contributed by atoms with Crippen LogP contribution in [0.3, 0.4) is 0 Å². The molecule has 0 amide bonds. The third kappa shape index (κ3) is 3.69. The lowest BCUT2D eigenvalue weighted by Crippen LogP contribution is -2.34. The molecule has 1 N–H and O–H groups in total. The van der Waals surface area contributed by atoms with Crippen molar-refractivity contribution in [1.29, 1.82) is 0 Å². The van der Waals surface area contributed by atoms with Crippen LogP contribution in [0.2, 0.25) is 0 Å². The third-order valence-corrected chi connectivity index (χ3v) is 4.05. The van der Waals surface area contributed by atoms with Crippen LogP contribution in [0.25, 0.3) is 0 Å². The number of rotatable bonds is 5. The second-order valence-electron chi connectivity index (χ2n) is 5.42. The van der Waals surface area contributed by atoms with Gasteiger partial charge in [-0.1, -0.05) is 31.9 Å². The van der Waals surface area contributed by atoms with E-state index < -0.39 is 0 Å². The maximum absolute atomic E-state index is 14.1. The number of hydrogen-bond donors (Lipinski definition) is 1. The molecule has 2 unspecified atom stereocenters.